The summed E-state index contributed by atoms with van der Waals surface area (Å²) in [7, 11) is 1.23. The van der Waals surface area contributed by atoms with Crippen LogP contribution < -0.4 is 4.74 Å². The van der Waals surface area contributed by atoms with E-state index in [2.05, 4.69) is 0 Å². The fourth-order valence-electron chi connectivity index (χ4n) is 4.67. The van der Waals surface area contributed by atoms with Crippen LogP contribution in [0.5, 0.6) is 5.75 Å². The molecular weight excluding hydrogens is 619 g/mol. The molecule has 1 saturated heterocycles. The first-order valence-electron chi connectivity index (χ1n) is 12.1. The van der Waals surface area contributed by atoms with Crippen molar-refractivity contribution in [2.45, 2.75) is 43.3 Å². The van der Waals surface area contributed by atoms with E-state index in [0.717, 1.165) is 35.2 Å². The van der Waals surface area contributed by atoms with E-state index in [4.69, 9.17) is 4.74 Å². The van der Waals surface area contributed by atoms with Crippen LogP contribution >= 0.6 is 11.8 Å². The summed E-state index contributed by atoms with van der Waals surface area (Å²) in [4.78, 5) is 24.7. The number of rotatable bonds is 6. The summed E-state index contributed by atoms with van der Waals surface area (Å²) in [6.45, 7) is 0.789. The third kappa shape index (κ3) is 6.68. The molecular formula is C27H19F9N2O4S. The Kier molecular flexibility index (Phi) is 8.39. The Balaban J connectivity index is 1.80. The summed E-state index contributed by atoms with van der Waals surface area (Å²) in [6, 6.07) is 5.79. The quantitative estimate of drug-likeness (QED) is 0.153. The topological polar surface area (TPSA) is 72.7 Å². The number of alkyl halides is 9. The highest BCUT2D eigenvalue weighted by atomic mass is 32.2. The molecule has 1 aliphatic rings. The summed E-state index contributed by atoms with van der Waals surface area (Å²) in [5.74, 6) is 0.0586. The van der Waals surface area contributed by atoms with Crippen molar-refractivity contribution in [3.05, 3.63) is 92.5 Å². The van der Waals surface area contributed by atoms with Crippen LogP contribution in [-0.2, 0) is 25.1 Å². The normalized spacial score (nSPS) is 17.8. The van der Waals surface area contributed by atoms with E-state index in [0.29, 0.717) is 23.9 Å². The van der Waals surface area contributed by atoms with Gasteiger partial charge in [-0.25, -0.2) is 0 Å². The molecule has 0 aliphatic carbocycles. The van der Waals surface area contributed by atoms with Crippen LogP contribution in [0.2, 0.25) is 0 Å². The Morgan fingerprint density at radius 2 is 1.42 bits per heavy atom. The molecule has 2 unspecified atom stereocenters. The minimum Gasteiger partial charge on any atom is -0.496 e. The zero-order valence-electron chi connectivity index (χ0n) is 21.9. The number of hydrogen-bond donors (Lipinski definition) is 0. The molecule has 6 nitrogen and oxygen atoms in total. The minimum atomic E-state index is -5.13. The van der Waals surface area contributed by atoms with Gasteiger partial charge < -0.3 is 9.64 Å². The molecule has 0 spiro atoms. The third-order valence-electron chi connectivity index (χ3n) is 6.79. The predicted octanol–water partition coefficient (Wildman–Crippen LogP) is 9.13. The van der Waals surface area contributed by atoms with Gasteiger partial charge in [0.2, 0.25) is 0 Å². The summed E-state index contributed by atoms with van der Waals surface area (Å²) in [5.41, 5.74) is -5.21. The number of thioether (sulfide) groups is 1. The van der Waals surface area contributed by atoms with E-state index in [1.165, 1.54) is 20.1 Å². The lowest BCUT2D eigenvalue weighted by Crippen LogP contribution is -2.31. The van der Waals surface area contributed by atoms with Crippen LogP contribution in [0.1, 0.15) is 40.0 Å². The second-order valence-electron chi connectivity index (χ2n) is 9.52. The maximum Gasteiger partial charge on any atom is 0.416 e. The van der Waals surface area contributed by atoms with Gasteiger partial charge in [-0.2, -0.15) is 39.5 Å². The molecule has 0 N–H and O–H groups in total. The largest absolute Gasteiger partial charge is 0.496 e. The monoisotopic (exact) mass is 638 g/mol. The zero-order valence-corrected chi connectivity index (χ0v) is 22.7. The molecule has 3 aromatic carbocycles. The first-order valence-corrected chi connectivity index (χ1v) is 13.0. The Hall–Kier alpha value is -3.95. The second kappa shape index (κ2) is 11.3. The van der Waals surface area contributed by atoms with E-state index in [-0.39, 0.29) is 28.5 Å². The number of halogens is 9. The Morgan fingerprint density at radius 1 is 0.837 bits per heavy atom. The average molecular weight is 639 g/mol. The number of carbonyl (C=O) groups is 1. The van der Waals surface area contributed by atoms with Gasteiger partial charge in [0.15, 0.2) is 0 Å². The summed E-state index contributed by atoms with van der Waals surface area (Å²) < 4.78 is 127. The first-order chi connectivity index (χ1) is 19.8. The van der Waals surface area contributed by atoms with Gasteiger partial charge in [0.05, 0.1) is 34.0 Å². The fourth-order valence-corrected chi connectivity index (χ4v) is 5.87. The fraction of sp³-hybridized carbons (Fsp3) is 0.296. The van der Waals surface area contributed by atoms with Crippen LogP contribution in [0, 0.1) is 10.1 Å². The second-order valence-corrected chi connectivity index (χ2v) is 10.6. The number of methoxy groups -OCH3 is 1. The van der Waals surface area contributed by atoms with Crippen molar-refractivity contribution in [2.24, 2.45) is 0 Å². The molecule has 1 fully saturated rings. The van der Waals surface area contributed by atoms with E-state index in [1.54, 1.807) is 0 Å². The van der Waals surface area contributed by atoms with E-state index < -0.39 is 74.5 Å². The number of benzene rings is 3. The number of nitro groups is 1. The van der Waals surface area contributed by atoms with E-state index in [1.807, 2.05) is 0 Å². The highest BCUT2D eigenvalue weighted by Gasteiger charge is 2.43. The van der Waals surface area contributed by atoms with Crippen molar-refractivity contribution < 1.29 is 54.0 Å². The molecule has 4 rings (SSSR count). The lowest BCUT2D eigenvalue weighted by Gasteiger charge is -2.26. The van der Waals surface area contributed by atoms with Crippen LogP contribution in [0.25, 0.3) is 11.1 Å². The molecule has 2 atom stereocenters. The van der Waals surface area contributed by atoms with Crippen molar-refractivity contribution in [1.82, 2.24) is 4.90 Å². The smallest absolute Gasteiger partial charge is 0.416 e. The van der Waals surface area contributed by atoms with Crippen molar-refractivity contribution >= 4 is 22.7 Å². The predicted molar refractivity (Wildman–Crippen MR) is 137 cm³/mol. The number of non-ortho nitro benzene ring substituents is 1. The van der Waals surface area contributed by atoms with Gasteiger partial charge in [0, 0.05) is 30.3 Å². The maximum atomic E-state index is 13.7. The Bertz CT molecular complexity index is 1540. The van der Waals surface area contributed by atoms with Crippen molar-refractivity contribution in [3.8, 4) is 16.9 Å². The number of nitro benzene ring substituents is 1. The Morgan fingerprint density at radius 3 is 1.93 bits per heavy atom. The van der Waals surface area contributed by atoms with Crippen molar-refractivity contribution in [3.63, 3.8) is 0 Å². The molecule has 16 heteroatoms. The standard InChI is InChI=1S/C27H19F9N2O4S/c1-13-23(14-7-17(26(31,32)33)10-18(8-14)27(34,35)36)43-24(39)37(13)12-15-9-16(25(28,29)30)3-5-20(15)21-11-19(38(40)41)4-6-22(21)42-2/h3-11,13,23H,12H2,1-2H3. The first kappa shape index (κ1) is 32.0. The molecule has 0 saturated carbocycles. The lowest BCUT2D eigenvalue weighted by atomic mass is 9.94. The van der Waals surface area contributed by atoms with Gasteiger partial charge in [-0.3, -0.25) is 14.9 Å². The summed E-state index contributed by atoms with van der Waals surface area (Å²) >= 11 is 0.434. The third-order valence-corrected chi connectivity index (χ3v) is 8.14. The lowest BCUT2D eigenvalue weighted by molar-refractivity contribution is -0.384. The molecule has 43 heavy (non-hydrogen) atoms. The summed E-state index contributed by atoms with van der Waals surface area (Å²) in [6.07, 6.45) is -15.1. The zero-order chi connectivity index (χ0) is 32.1. The summed E-state index contributed by atoms with van der Waals surface area (Å²) in [5, 5.41) is 9.34. The number of amides is 1. The van der Waals surface area contributed by atoms with E-state index >= 15 is 0 Å². The van der Waals surface area contributed by atoms with Crippen molar-refractivity contribution in [1.29, 1.82) is 0 Å². The highest BCUT2D eigenvalue weighted by molar-refractivity contribution is 8.14. The molecule has 3 aromatic rings. The molecule has 0 bridgehead atoms. The van der Waals surface area contributed by atoms with Crippen LogP contribution in [0.4, 0.5) is 50.0 Å². The minimum absolute atomic E-state index is 0.0247. The Labute approximate surface area is 241 Å². The highest BCUT2D eigenvalue weighted by Crippen LogP contribution is 2.48. The molecule has 1 heterocycles. The number of hydrogen-bond acceptors (Lipinski definition) is 5. The molecule has 0 radical (unpaired) electrons. The number of ether oxygens (including phenoxy) is 1. The van der Waals surface area contributed by atoms with Crippen molar-refractivity contribution in [2.75, 3.05) is 7.11 Å². The molecule has 1 aliphatic heterocycles. The average Bonchev–Trinajstić information content (AvgIpc) is 3.19. The molecule has 0 aromatic heterocycles. The van der Waals surface area contributed by atoms with Crippen LogP contribution in [0.15, 0.2) is 54.6 Å². The maximum absolute atomic E-state index is 13.7. The van der Waals surface area contributed by atoms with Gasteiger partial charge in [-0.15, -0.1) is 0 Å². The van der Waals surface area contributed by atoms with Crippen LogP contribution in [0.3, 0.4) is 0 Å². The van der Waals surface area contributed by atoms with Gasteiger partial charge in [0.1, 0.15) is 5.75 Å². The van der Waals surface area contributed by atoms with Crippen LogP contribution in [-0.4, -0.2) is 28.2 Å². The van der Waals surface area contributed by atoms with Gasteiger partial charge in [-0.05, 0) is 60.0 Å². The molecule has 1 amide bonds. The number of carbonyl (C=O) groups excluding carboxylic acids is 1. The van der Waals surface area contributed by atoms with Gasteiger partial charge >= 0.3 is 18.5 Å². The van der Waals surface area contributed by atoms with Gasteiger partial charge in [0.25, 0.3) is 10.9 Å². The number of nitrogens with zero attached hydrogens (tertiary/aromatic N) is 2. The van der Waals surface area contributed by atoms with Gasteiger partial charge in [-0.1, -0.05) is 17.8 Å². The van der Waals surface area contributed by atoms with E-state index in [9.17, 15) is 54.4 Å². The SMILES string of the molecule is COc1ccc([N+](=O)[O-])cc1-c1ccc(C(F)(F)F)cc1CN1C(=O)SC(c2cc(C(F)(F)F)cc(C(F)(F)F)c2)C1C. The molecule has 230 valence electrons.